The van der Waals surface area contributed by atoms with E-state index in [2.05, 4.69) is 10.6 Å². The van der Waals surface area contributed by atoms with Gasteiger partial charge in [0.25, 0.3) is 0 Å². The zero-order chi connectivity index (χ0) is 12.2. The average Bonchev–Trinajstić information content (AvgIpc) is 2.16. The summed E-state index contributed by atoms with van der Waals surface area (Å²) >= 11 is 0. The van der Waals surface area contributed by atoms with Crippen LogP contribution in [0, 0.1) is 0 Å². The van der Waals surface area contributed by atoms with Crippen LogP contribution in [0.3, 0.4) is 0 Å². The third-order valence-electron chi connectivity index (χ3n) is 2.32. The summed E-state index contributed by atoms with van der Waals surface area (Å²) < 4.78 is 5.28. The summed E-state index contributed by atoms with van der Waals surface area (Å²) in [4.78, 5) is 13.3. The van der Waals surface area contributed by atoms with Gasteiger partial charge in [-0.25, -0.2) is 4.79 Å². The van der Waals surface area contributed by atoms with Crippen molar-refractivity contribution < 1.29 is 9.53 Å². The Bertz CT molecular complexity index is 232. The lowest BCUT2D eigenvalue weighted by atomic mass is 10.2. The summed E-state index contributed by atoms with van der Waals surface area (Å²) in [5, 5.41) is 6.64. The lowest BCUT2D eigenvalue weighted by Gasteiger charge is -2.30. The second kappa shape index (κ2) is 5.50. The molecule has 1 unspecified atom stereocenters. The fourth-order valence-corrected chi connectivity index (χ4v) is 1.59. The van der Waals surface area contributed by atoms with Gasteiger partial charge in [-0.1, -0.05) is 0 Å². The number of piperazine rings is 1. The van der Waals surface area contributed by atoms with E-state index in [1.54, 1.807) is 11.9 Å². The van der Waals surface area contributed by atoms with Crippen LogP contribution >= 0.6 is 0 Å². The minimum absolute atomic E-state index is 0.264. The molecule has 5 nitrogen and oxygen atoms in total. The van der Waals surface area contributed by atoms with Gasteiger partial charge in [-0.05, 0) is 20.8 Å². The highest BCUT2D eigenvalue weighted by molar-refractivity contribution is 5.67. The molecule has 1 amide bonds. The Morgan fingerprint density at radius 1 is 1.44 bits per heavy atom. The van der Waals surface area contributed by atoms with E-state index in [4.69, 9.17) is 4.74 Å². The van der Waals surface area contributed by atoms with Gasteiger partial charge in [-0.15, -0.1) is 0 Å². The van der Waals surface area contributed by atoms with Crippen LogP contribution in [0.2, 0.25) is 0 Å². The first-order valence-electron chi connectivity index (χ1n) is 5.77. The first kappa shape index (κ1) is 13.3. The smallest absolute Gasteiger partial charge is 0.410 e. The van der Waals surface area contributed by atoms with Gasteiger partial charge >= 0.3 is 6.09 Å². The lowest BCUT2D eigenvalue weighted by molar-refractivity contribution is 0.0281. The maximum absolute atomic E-state index is 11.7. The van der Waals surface area contributed by atoms with Crippen LogP contribution in [-0.4, -0.2) is 55.9 Å². The van der Waals surface area contributed by atoms with Crippen molar-refractivity contribution in [3.8, 4) is 0 Å². The highest BCUT2D eigenvalue weighted by atomic mass is 16.6. The fourth-order valence-electron chi connectivity index (χ4n) is 1.59. The Hall–Kier alpha value is -0.810. The second-order valence-corrected chi connectivity index (χ2v) is 5.22. The third-order valence-corrected chi connectivity index (χ3v) is 2.32. The van der Waals surface area contributed by atoms with Gasteiger partial charge in [0, 0.05) is 39.3 Å². The molecule has 0 radical (unpaired) electrons. The maximum Gasteiger partial charge on any atom is 0.410 e. The number of likely N-dealkylation sites (N-methyl/N-ethyl adjacent to an activating group) is 1. The van der Waals surface area contributed by atoms with E-state index in [0.717, 1.165) is 19.6 Å². The van der Waals surface area contributed by atoms with Gasteiger partial charge in [-0.3, -0.25) is 0 Å². The molecule has 0 saturated carbocycles. The van der Waals surface area contributed by atoms with Crippen LogP contribution in [0.5, 0.6) is 0 Å². The molecule has 0 aromatic carbocycles. The summed E-state index contributed by atoms with van der Waals surface area (Å²) in [5.41, 5.74) is -0.427. The molecule has 0 bridgehead atoms. The largest absolute Gasteiger partial charge is 0.444 e. The molecule has 2 N–H and O–H groups in total. The van der Waals surface area contributed by atoms with Gasteiger partial charge in [0.15, 0.2) is 0 Å². The Balaban J connectivity index is 2.33. The first-order valence-corrected chi connectivity index (χ1v) is 5.77. The number of carbonyl (C=O) groups excluding carboxylic acids is 1. The Morgan fingerprint density at radius 2 is 2.12 bits per heavy atom. The van der Waals surface area contributed by atoms with Crippen LogP contribution < -0.4 is 10.6 Å². The Kier molecular flexibility index (Phi) is 4.56. The number of carbonyl (C=O) groups is 1. The van der Waals surface area contributed by atoms with E-state index < -0.39 is 5.60 Å². The molecule has 1 heterocycles. The minimum Gasteiger partial charge on any atom is -0.444 e. The molecule has 1 fully saturated rings. The van der Waals surface area contributed by atoms with Crippen molar-refractivity contribution in [1.82, 2.24) is 15.5 Å². The Morgan fingerprint density at radius 3 is 2.62 bits per heavy atom. The van der Waals surface area contributed by atoms with Crippen molar-refractivity contribution in [2.24, 2.45) is 0 Å². The highest BCUT2D eigenvalue weighted by Crippen LogP contribution is 2.09. The zero-order valence-corrected chi connectivity index (χ0v) is 10.7. The second-order valence-electron chi connectivity index (χ2n) is 5.22. The zero-order valence-electron chi connectivity index (χ0n) is 10.7. The SMILES string of the molecule is CN(CC1CNCCN1)C(=O)OC(C)(C)C. The molecular weight excluding hydrogens is 206 g/mol. The number of hydrogen-bond acceptors (Lipinski definition) is 4. The molecule has 16 heavy (non-hydrogen) atoms. The van der Waals surface area contributed by atoms with Crippen LogP contribution in [-0.2, 0) is 4.74 Å². The number of hydrogen-bond donors (Lipinski definition) is 2. The van der Waals surface area contributed by atoms with Gasteiger partial charge in [0.2, 0.25) is 0 Å². The van der Waals surface area contributed by atoms with Crippen molar-refractivity contribution in [1.29, 1.82) is 0 Å². The molecule has 1 aliphatic heterocycles. The fraction of sp³-hybridized carbons (Fsp3) is 0.909. The Labute approximate surface area is 97.5 Å². The average molecular weight is 229 g/mol. The predicted octanol–water partition coefficient (Wildman–Crippen LogP) is 0.415. The standard InChI is InChI=1S/C11H23N3O2/c1-11(2,3)16-10(15)14(4)8-9-7-12-5-6-13-9/h9,12-13H,5-8H2,1-4H3. The van der Waals surface area contributed by atoms with Crippen LogP contribution in [0.15, 0.2) is 0 Å². The summed E-state index contributed by atoms with van der Waals surface area (Å²) in [6, 6.07) is 0.311. The van der Waals surface area contributed by atoms with Gasteiger partial charge in [0.05, 0.1) is 0 Å². The maximum atomic E-state index is 11.7. The van der Waals surface area contributed by atoms with Crippen LogP contribution in [0.4, 0.5) is 4.79 Å². The van der Waals surface area contributed by atoms with E-state index in [9.17, 15) is 4.79 Å². The molecule has 1 atom stereocenters. The summed E-state index contributed by atoms with van der Waals surface area (Å²) in [6.45, 7) is 9.13. The quantitative estimate of drug-likeness (QED) is 0.720. The van der Waals surface area contributed by atoms with Crippen LogP contribution in [0.1, 0.15) is 20.8 Å². The highest BCUT2D eigenvalue weighted by Gasteiger charge is 2.22. The van der Waals surface area contributed by atoms with E-state index in [1.807, 2.05) is 20.8 Å². The molecule has 0 aromatic rings. The minimum atomic E-state index is -0.427. The van der Waals surface area contributed by atoms with Crippen molar-refractivity contribution >= 4 is 6.09 Å². The number of rotatable bonds is 2. The monoisotopic (exact) mass is 229 g/mol. The molecule has 5 heteroatoms. The van der Waals surface area contributed by atoms with Gasteiger partial charge < -0.3 is 20.3 Å². The van der Waals surface area contributed by atoms with E-state index in [0.29, 0.717) is 12.6 Å². The molecule has 1 rings (SSSR count). The lowest BCUT2D eigenvalue weighted by Crippen LogP contribution is -2.53. The van der Waals surface area contributed by atoms with Crippen molar-refractivity contribution in [3.63, 3.8) is 0 Å². The molecule has 1 saturated heterocycles. The van der Waals surface area contributed by atoms with Crippen molar-refractivity contribution in [3.05, 3.63) is 0 Å². The number of nitrogens with zero attached hydrogens (tertiary/aromatic N) is 1. The molecule has 0 spiro atoms. The third kappa shape index (κ3) is 4.81. The number of nitrogens with one attached hydrogen (secondary N) is 2. The summed E-state index contributed by atoms with van der Waals surface area (Å²) in [5.74, 6) is 0. The van der Waals surface area contributed by atoms with Crippen molar-refractivity contribution in [2.45, 2.75) is 32.4 Å². The van der Waals surface area contributed by atoms with Gasteiger partial charge in [-0.2, -0.15) is 0 Å². The normalized spacial score (nSPS) is 21.6. The van der Waals surface area contributed by atoms with E-state index in [-0.39, 0.29) is 6.09 Å². The topological polar surface area (TPSA) is 53.6 Å². The van der Waals surface area contributed by atoms with Crippen molar-refractivity contribution in [2.75, 3.05) is 33.2 Å². The molecule has 0 aliphatic carbocycles. The summed E-state index contributed by atoms with van der Waals surface area (Å²) in [7, 11) is 1.77. The van der Waals surface area contributed by atoms with E-state index in [1.165, 1.54) is 0 Å². The number of amides is 1. The molecule has 94 valence electrons. The van der Waals surface area contributed by atoms with E-state index >= 15 is 0 Å². The first-order chi connectivity index (χ1) is 7.38. The van der Waals surface area contributed by atoms with Gasteiger partial charge in [0.1, 0.15) is 5.60 Å². The molecule has 0 aromatic heterocycles. The number of ether oxygens (including phenoxy) is 1. The summed E-state index contributed by atoms with van der Waals surface area (Å²) in [6.07, 6.45) is -0.264. The van der Waals surface area contributed by atoms with Crippen LogP contribution in [0.25, 0.3) is 0 Å². The molecular formula is C11H23N3O2. The predicted molar refractivity (Wildman–Crippen MR) is 63.5 cm³/mol. The molecule has 1 aliphatic rings.